The van der Waals surface area contributed by atoms with Crippen LogP contribution in [0.3, 0.4) is 0 Å². The van der Waals surface area contributed by atoms with Crippen LogP contribution in [-0.4, -0.2) is 51.7 Å². The second-order valence-electron chi connectivity index (χ2n) is 3.75. The monoisotopic (exact) mass is 216 g/mol. The van der Waals surface area contributed by atoms with Crippen molar-refractivity contribution >= 4 is 11.9 Å². The molecule has 0 radical (unpaired) electrons. The molecule has 1 saturated heterocycles. The van der Waals surface area contributed by atoms with Crippen LogP contribution in [0.25, 0.3) is 0 Å². The summed E-state index contributed by atoms with van der Waals surface area (Å²) in [6, 6.07) is -1.62. The van der Waals surface area contributed by atoms with E-state index in [1.54, 1.807) is 6.92 Å². The van der Waals surface area contributed by atoms with Crippen LogP contribution in [-0.2, 0) is 9.59 Å². The van der Waals surface area contributed by atoms with E-state index in [0.717, 1.165) is 4.90 Å². The van der Waals surface area contributed by atoms with Gasteiger partial charge in [-0.05, 0) is 6.42 Å². The van der Waals surface area contributed by atoms with Crippen molar-refractivity contribution in [3.05, 3.63) is 0 Å². The van der Waals surface area contributed by atoms with Crippen molar-refractivity contribution in [3.8, 4) is 0 Å². The Morgan fingerprint density at radius 3 is 2.67 bits per heavy atom. The molecule has 15 heavy (non-hydrogen) atoms. The van der Waals surface area contributed by atoms with Gasteiger partial charge in [0.25, 0.3) is 0 Å². The predicted molar refractivity (Wildman–Crippen MR) is 52.0 cm³/mol. The number of aliphatic carboxylic acids is 1. The molecule has 0 spiro atoms. The number of aliphatic hydroxyl groups excluding tert-OH is 1. The maximum Gasteiger partial charge on any atom is 0.326 e. The lowest BCUT2D eigenvalue weighted by molar-refractivity contribution is -0.148. The second kappa shape index (κ2) is 4.59. The summed E-state index contributed by atoms with van der Waals surface area (Å²) >= 11 is 0. The molecule has 0 aromatic rings. The summed E-state index contributed by atoms with van der Waals surface area (Å²) in [6.45, 7) is 1.81. The largest absolute Gasteiger partial charge is 0.480 e. The zero-order chi connectivity index (χ0) is 11.6. The molecule has 3 atom stereocenters. The van der Waals surface area contributed by atoms with Crippen molar-refractivity contribution in [2.45, 2.75) is 38.0 Å². The van der Waals surface area contributed by atoms with Crippen molar-refractivity contribution in [2.75, 3.05) is 6.54 Å². The number of hydrogen-bond acceptors (Lipinski definition) is 4. The number of nitrogens with zero attached hydrogens (tertiary/aromatic N) is 1. The Bertz CT molecular complexity index is 269. The maximum absolute atomic E-state index is 11.7. The molecule has 1 rings (SSSR count). The number of aliphatic hydroxyl groups is 1. The summed E-state index contributed by atoms with van der Waals surface area (Å²) in [5.41, 5.74) is 5.54. The van der Waals surface area contributed by atoms with Crippen LogP contribution in [0.4, 0.5) is 0 Å². The maximum atomic E-state index is 11.7. The highest BCUT2D eigenvalue weighted by Crippen LogP contribution is 2.19. The Labute approximate surface area is 87.7 Å². The molecule has 1 aliphatic rings. The fourth-order valence-corrected chi connectivity index (χ4v) is 1.68. The number of amides is 1. The Hall–Kier alpha value is -1.14. The van der Waals surface area contributed by atoms with Crippen molar-refractivity contribution < 1.29 is 19.8 Å². The van der Waals surface area contributed by atoms with Gasteiger partial charge >= 0.3 is 5.97 Å². The molecular formula is C9H16N2O4. The van der Waals surface area contributed by atoms with Gasteiger partial charge in [-0.15, -0.1) is 0 Å². The van der Waals surface area contributed by atoms with Gasteiger partial charge < -0.3 is 20.8 Å². The van der Waals surface area contributed by atoms with Crippen molar-refractivity contribution in [1.82, 2.24) is 4.90 Å². The number of carboxylic acids is 1. The third-order valence-electron chi connectivity index (χ3n) is 2.60. The van der Waals surface area contributed by atoms with Crippen molar-refractivity contribution in [3.63, 3.8) is 0 Å². The summed E-state index contributed by atoms with van der Waals surface area (Å²) in [7, 11) is 0. The zero-order valence-corrected chi connectivity index (χ0v) is 8.59. The van der Waals surface area contributed by atoms with E-state index in [9.17, 15) is 14.7 Å². The number of carbonyl (C=O) groups excluding carboxylic acids is 1. The van der Waals surface area contributed by atoms with Crippen LogP contribution >= 0.6 is 0 Å². The summed E-state index contributed by atoms with van der Waals surface area (Å²) < 4.78 is 0. The van der Waals surface area contributed by atoms with Crippen molar-refractivity contribution in [1.29, 1.82) is 0 Å². The Morgan fingerprint density at radius 1 is 1.60 bits per heavy atom. The highest BCUT2D eigenvalue weighted by Gasteiger charge is 2.39. The van der Waals surface area contributed by atoms with Gasteiger partial charge in [-0.3, -0.25) is 4.79 Å². The molecule has 3 unspecified atom stereocenters. The molecule has 0 saturated carbocycles. The average molecular weight is 216 g/mol. The minimum absolute atomic E-state index is 0.0590. The van der Waals surface area contributed by atoms with E-state index in [-0.39, 0.29) is 13.0 Å². The van der Waals surface area contributed by atoms with Gasteiger partial charge in [-0.1, -0.05) is 6.92 Å². The number of nitrogens with two attached hydrogens (primary N) is 1. The zero-order valence-electron chi connectivity index (χ0n) is 8.59. The smallest absolute Gasteiger partial charge is 0.326 e. The highest BCUT2D eigenvalue weighted by molar-refractivity contribution is 5.87. The SMILES string of the molecule is CCC(N)C(=O)N1CC(O)CC1C(=O)O. The third kappa shape index (κ3) is 2.45. The minimum atomic E-state index is -1.09. The summed E-state index contributed by atoms with van der Waals surface area (Å²) in [6.07, 6.45) is -0.228. The fraction of sp³-hybridized carbons (Fsp3) is 0.778. The molecule has 86 valence electrons. The van der Waals surface area contributed by atoms with E-state index in [1.807, 2.05) is 0 Å². The number of carboxylic acid groups (broad SMARTS) is 1. The molecule has 0 aliphatic carbocycles. The minimum Gasteiger partial charge on any atom is -0.480 e. The summed E-state index contributed by atoms with van der Waals surface area (Å²) in [4.78, 5) is 23.6. The number of hydrogen-bond donors (Lipinski definition) is 3. The topological polar surface area (TPSA) is 104 Å². The van der Waals surface area contributed by atoms with Gasteiger partial charge in [0, 0.05) is 13.0 Å². The second-order valence-corrected chi connectivity index (χ2v) is 3.75. The first-order chi connectivity index (χ1) is 6.97. The van der Waals surface area contributed by atoms with E-state index in [1.165, 1.54) is 0 Å². The van der Waals surface area contributed by atoms with Crippen LogP contribution < -0.4 is 5.73 Å². The van der Waals surface area contributed by atoms with Crippen molar-refractivity contribution in [2.24, 2.45) is 5.73 Å². The van der Waals surface area contributed by atoms with E-state index >= 15 is 0 Å². The average Bonchev–Trinajstić information content (AvgIpc) is 2.58. The van der Waals surface area contributed by atoms with Crippen LogP contribution in [0.15, 0.2) is 0 Å². The van der Waals surface area contributed by atoms with Gasteiger partial charge in [-0.25, -0.2) is 4.79 Å². The molecule has 1 amide bonds. The molecule has 6 nitrogen and oxygen atoms in total. The summed E-state index contributed by atoms with van der Waals surface area (Å²) in [5, 5.41) is 18.2. The lowest BCUT2D eigenvalue weighted by Gasteiger charge is -2.23. The number of β-amino-alcohol motifs (C(OH)–C–C–N with tert-alkyl or cyclic N) is 1. The first-order valence-electron chi connectivity index (χ1n) is 4.94. The molecule has 1 fully saturated rings. The molecule has 4 N–H and O–H groups in total. The van der Waals surface area contributed by atoms with E-state index in [0.29, 0.717) is 6.42 Å². The molecular weight excluding hydrogens is 200 g/mol. The van der Waals surface area contributed by atoms with Crippen LogP contribution in [0, 0.1) is 0 Å². The molecule has 1 aliphatic heterocycles. The number of carbonyl (C=O) groups is 2. The third-order valence-corrected chi connectivity index (χ3v) is 2.60. The summed E-state index contributed by atoms with van der Waals surface area (Å²) in [5.74, 6) is -1.50. The number of likely N-dealkylation sites (tertiary alicyclic amines) is 1. The van der Waals surface area contributed by atoms with Gasteiger partial charge in [0.15, 0.2) is 0 Å². The lowest BCUT2D eigenvalue weighted by atomic mass is 10.1. The van der Waals surface area contributed by atoms with E-state index in [4.69, 9.17) is 10.8 Å². The van der Waals surface area contributed by atoms with Gasteiger partial charge in [-0.2, -0.15) is 0 Å². The van der Waals surface area contributed by atoms with Crippen LogP contribution in [0.2, 0.25) is 0 Å². The van der Waals surface area contributed by atoms with Gasteiger partial charge in [0.1, 0.15) is 6.04 Å². The lowest BCUT2D eigenvalue weighted by Crippen LogP contribution is -2.48. The molecule has 0 aromatic carbocycles. The standard InChI is InChI=1S/C9H16N2O4/c1-2-6(10)8(13)11-4-5(12)3-7(11)9(14)15/h5-7,12H,2-4,10H2,1H3,(H,14,15). The van der Waals surface area contributed by atoms with Crippen LogP contribution in [0.5, 0.6) is 0 Å². The quantitative estimate of drug-likeness (QED) is 0.548. The Kier molecular flexibility index (Phi) is 3.65. The fourth-order valence-electron chi connectivity index (χ4n) is 1.68. The number of rotatable bonds is 3. The molecule has 0 aromatic heterocycles. The first-order valence-corrected chi connectivity index (χ1v) is 4.94. The highest BCUT2D eigenvalue weighted by atomic mass is 16.4. The van der Waals surface area contributed by atoms with E-state index < -0.39 is 30.1 Å². The Balaban J connectivity index is 2.75. The van der Waals surface area contributed by atoms with E-state index in [2.05, 4.69) is 0 Å². The predicted octanol–water partition coefficient (Wildman–Crippen LogP) is -1.23. The molecule has 6 heteroatoms. The Morgan fingerprint density at radius 2 is 2.20 bits per heavy atom. The molecule has 0 bridgehead atoms. The molecule has 1 heterocycles. The normalized spacial score (nSPS) is 27.8. The first kappa shape index (κ1) is 11.9. The van der Waals surface area contributed by atoms with Gasteiger partial charge in [0.2, 0.25) is 5.91 Å². The van der Waals surface area contributed by atoms with Gasteiger partial charge in [0.05, 0.1) is 12.1 Å². The van der Waals surface area contributed by atoms with Crippen LogP contribution in [0.1, 0.15) is 19.8 Å².